The minimum Gasteiger partial charge on any atom is -0.459 e. The van der Waals surface area contributed by atoms with Crippen LogP contribution in [0.3, 0.4) is 0 Å². The fourth-order valence-electron chi connectivity index (χ4n) is 3.31. The molecule has 3 aromatic rings. The molecule has 0 radical (unpaired) electrons. The molecular weight excluding hydrogens is 429 g/mol. The van der Waals surface area contributed by atoms with Crippen molar-refractivity contribution in [3.63, 3.8) is 0 Å². The molecule has 1 saturated heterocycles. The van der Waals surface area contributed by atoms with Gasteiger partial charge in [-0.15, -0.1) is 11.3 Å². The summed E-state index contributed by atoms with van der Waals surface area (Å²) in [6.45, 7) is 3.52. The van der Waals surface area contributed by atoms with E-state index in [0.29, 0.717) is 37.6 Å². The summed E-state index contributed by atoms with van der Waals surface area (Å²) in [6, 6.07) is 7.47. The Morgan fingerprint density at radius 2 is 1.90 bits per heavy atom. The van der Waals surface area contributed by atoms with Crippen molar-refractivity contribution in [3.05, 3.63) is 63.6 Å². The predicted octanol–water partition coefficient (Wildman–Crippen LogP) is 4.03. The third-order valence-electron chi connectivity index (χ3n) is 4.92. The van der Waals surface area contributed by atoms with Crippen molar-refractivity contribution in [2.45, 2.75) is 13.3 Å². The minimum atomic E-state index is -0.487. The van der Waals surface area contributed by atoms with E-state index in [1.54, 1.807) is 9.80 Å². The Morgan fingerprint density at radius 1 is 1.17 bits per heavy atom. The lowest BCUT2D eigenvalue weighted by atomic mass is 10.1. The number of piperazine rings is 1. The second kappa shape index (κ2) is 8.57. The zero-order valence-corrected chi connectivity index (χ0v) is 17.8. The first-order valence-electron chi connectivity index (χ1n) is 9.44. The summed E-state index contributed by atoms with van der Waals surface area (Å²) < 4.78 is 18.8. The van der Waals surface area contributed by atoms with E-state index in [0.717, 1.165) is 16.8 Å². The van der Waals surface area contributed by atoms with Gasteiger partial charge in [0.25, 0.3) is 5.91 Å². The topological polar surface area (TPSA) is 66.7 Å². The maximum atomic E-state index is 13.2. The molecule has 0 bridgehead atoms. The average molecular weight is 448 g/mol. The number of benzene rings is 1. The number of rotatable bonds is 4. The van der Waals surface area contributed by atoms with Crippen molar-refractivity contribution in [1.29, 1.82) is 0 Å². The van der Waals surface area contributed by atoms with Gasteiger partial charge in [0.15, 0.2) is 10.8 Å². The Hall–Kier alpha value is -2.71. The van der Waals surface area contributed by atoms with Crippen LogP contribution in [0.2, 0.25) is 5.02 Å². The largest absolute Gasteiger partial charge is 0.459 e. The Labute approximate surface area is 181 Å². The molecule has 0 spiro atoms. The number of thiazole rings is 1. The number of halogens is 2. The van der Waals surface area contributed by atoms with Crippen molar-refractivity contribution in [2.24, 2.45) is 0 Å². The second-order valence-electron chi connectivity index (χ2n) is 7.03. The standard InChI is InChI=1S/C21H19ClFN3O3S/c1-13-2-5-18(29-13)20-24-15(12-30-20)11-19(27)25-6-8-26(9-7-25)21(28)16-4-3-14(23)10-17(16)22/h2-5,10,12H,6-9,11H2,1H3. The highest BCUT2D eigenvalue weighted by molar-refractivity contribution is 7.13. The molecule has 1 aliphatic heterocycles. The van der Waals surface area contributed by atoms with Crippen molar-refractivity contribution in [3.8, 4) is 10.8 Å². The Morgan fingerprint density at radius 3 is 2.57 bits per heavy atom. The summed E-state index contributed by atoms with van der Waals surface area (Å²) in [6.07, 6.45) is 0.202. The Bertz CT molecular complexity index is 1090. The molecule has 3 heterocycles. The van der Waals surface area contributed by atoms with Gasteiger partial charge in [-0.25, -0.2) is 9.37 Å². The van der Waals surface area contributed by atoms with Gasteiger partial charge in [0, 0.05) is 31.6 Å². The third-order valence-corrected chi connectivity index (χ3v) is 6.13. The van der Waals surface area contributed by atoms with Crippen LogP contribution in [0.1, 0.15) is 21.8 Å². The van der Waals surface area contributed by atoms with Gasteiger partial charge in [-0.05, 0) is 37.3 Å². The van der Waals surface area contributed by atoms with Crippen LogP contribution in [-0.4, -0.2) is 52.8 Å². The van der Waals surface area contributed by atoms with E-state index < -0.39 is 5.82 Å². The third kappa shape index (κ3) is 4.39. The highest BCUT2D eigenvalue weighted by Crippen LogP contribution is 2.26. The van der Waals surface area contributed by atoms with Crippen LogP contribution in [0.25, 0.3) is 10.8 Å². The van der Waals surface area contributed by atoms with Crippen LogP contribution in [0, 0.1) is 12.7 Å². The molecule has 30 heavy (non-hydrogen) atoms. The van der Waals surface area contributed by atoms with Crippen LogP contribution in [-0.2, 0) is 11.2 Å². The van der Waals surface area contributed by atoms with Gasteiger partial charge in [-0.2, -0.15) is 0 Å². The first-order valence-corrected chi connectivity index (χ1v) is 10.7. The van der Waals surface area contributed by atoms with Gasteiger partial charge < -0.3 is 14.2 Å². The fraction of sp³-hybridized carbons (Fsp3) is 0.286. The smallest absolute Gasteiger partial charge is 0.255 e. The monoisotopic (exact) mass is 447 g/mol. The predicted molar refractivity (Wildman–Crippen MR) is 112 cm³/mol. The van der Waals surface area contributed by atoms with E-state index in [1.165, 1.54) is 23.5 Å². The normalized spacial score (nSPS) is 14.2. The highest BCUT2D eigenvalue weighted by Gasteiger charge is 2.26. The molecule has 0 N–H and O–H groups in total. The molecule has 9 heteroatoms. The molecule has 2 aromatic heterocycles. The number of carbonyl (C=O) groups is 2. The summed E-state index contributed by atoms with van der Waals surface area (Å²) in [4.78, 5) is 33.1. The molecular formula is C21H19ClFN3O3S. The zero-order valence-electron chi connectivity index (χ0n) is 16.2. The van der Waals surface area contributed by atoms with Crippen LogP contribution in [0.15, 0.2) is 40.1 Å². The maximum Gasteiger partial charge on any atom is 0.255 e. The summed E-state index contributed by atoms with van der Waals surface area (Å²) in [7, 11) is 0. The van der Waals surface area contributed by atoms with Crippen LogP contribution in [0.4, 0.5) is 4.39 Å². The quantitative estimate of drug-likeness (QED) is 0.605. The molecule has 156 valence electrons. The number of carbonyl (C=O) groups excluding carboxylic acids is 2. The summed E-state index contributed by atoms with van der Waals surface area (Å²) in [5.74, 6) is 0.730. The minimum absolute atomic E-state index is 0.0330. The van der Waals surface area contributed by atoms with Crippen molar-refractivity contribution < 1.29 is 18.4 Å². The molecule has 0 unspecified atom stereocenters. The van der Waals surface area contributed by atoms with Gasteiger partial charge in [0.2, 0.25) is 5.91 Å². The fourth-order valence-corrected chi connectivity index (χ4v) is 4.34. The average Bonchev–Trinajstić information content (AvgIpc) is 3.36. The highest BCUT2D eigenvalue weighted by atomic mass is 35.5. The van der Waals surface area contributed by atoms with E-state index in [9.17, 15) is 14.0 Å². The lowest BCUT2D eigenvalue weighted by Gasteiger charge is -2.35. The molecule has 1 aliphatic rings. The molecule has 0 aliphatic carbocycles. The maximum absolute atomic E-state index is 13.2. The summed E-state index contributed by atoms with van der Waals surface area (Å²) in [5, 5.41) is 2.70. The van der Waals surface area contributed by atoms with Gasteiger partial charge in [-0.1, -0.05) is 11.6 Å². The summed E-state index contributed by atoms with van der Waals surface area (Å²) in [5.41, 5.74) is 0.965. The molecule has 0 atom stereocenters. The SMILES string of the molecule is Cc1ccc(-c2nc(CC(=O)N3CCN(C(=O)c4ccc(F)cc4Cl)CC3)cs2)o1. The van der Waals surface area contributed by atoms with Crippen LogP contribution in [0.5, 0.6) is 0 Å². The molecule has 1 fully saturated rings. The van der Waals surface area contributed by atoms with E-state index in [2.05, 4.69) is 4.98 Å². The first kappa shape index (κ1) is 20.6. The molecule has 6 nitrogen and oxygen atoms in total. The van der Waals surface area contributed by atoms with E-state index >= 15 is 0 Å². The van der Waals surface area contributed by atoms with Gasteiger partial charge >= 0.3 is 0 Å². The number of hydrogen-bond acceptors (Lipinski definition) is 5. The van der Waals surface area contributed by atoms with E-state index in [4.69, 9.17) is 16.0 Å². The molecule has 4 rings (SSSR count). The van der Waals surface area contributed by atoms with Crippen molar-refractivity contribution in [1.82, 2.24) is 14.8 Å². The molecule has 2 amide bonds. The Kier molecular flexibility index (Phi) is 5.87. The van der Waals surface area contributed by atoms with Gasteiger partial charge in [0.1, 0.15) is 11.6 Å². The van der Waals surface area contributed by atoms with Crippen LogP contribution >= 0.6 is 22.9 Å². The number of aryl methyl sites for hydroxylation is 1. The number of hydrogen-bond donors (Lipinski definition) is 0. The Balaban J connectivity index is 1.33. The lowest BCUT2D eigenvalue weighted by Crippen LogP contribution is -2.51. The number of nitrogens with zero attached hydrogens (tertiary/aromatic N) is 3. The molecule has 0 saturated carbocycles. The second-order valence-corrected chi connectivity index (χ2v) is 8.29. The molecule has 1 aromatic carbocycles. The lowest BCUT2D eigenvalue weighted by molar-refractivity contribution is -0.132. The van der Waals surface area contributed by atoms with Gasteiger partial charge in [0.05, 0.1) is 22.7 Å². The zero-order chi connectivity index (χ0) is 21.3. The van der Waals surface area contributed by atoms with Crippen LogP contribution < -0.4 is 0 Å². The van der Waals surface area contributed by atoms with Crippen molar-refractivity contribution >= 4 is 34.8 Å². The first-order chi connectivity index (χ1) is 14.4. The van der Waals surface area contributed by atoms with Crippen molar-refractivity contribution in [2.75, 3.05) is 26.2 Å². The van der Waals surface area contributed by atoms with Gasteiger partial charge in [-0.3, -0.25) is 9.59 Å². The number of furan rings is 1. The van der Waals surface area contributed by atoms with E-state index in [-0.39, 0.29) is 28.8 Å². The van der Waals surface area contributed by atoms with E-state index in [1.807, 2.05) is 24.4 Å². The summed E-state index contributed by atoms with van der Waals surface area (Å²) >= 11 is 7.44. The number of aromatic nitrogens is 1. The number of amides is 2.